The number of amides is 2. The van der Waals surface area contributed by atoms with Gasteiger partial charge in [0.25, 0.3) is 0 Å². The summed E-state index contributed by atoms with van der Waals surface area (Å²) in [6, 6.07) is -0.164. The second-order valence-electron chi connectivity index (χ2n) is 7.03. The molecule has 2 saturated carbocycles. The van der Waals surface area contributed by atoms with Gasteiger partial charge in [-0.15, -0.1) is 11.3 Å². The molecular weight excluding hydrogens is 314 g/mol. The van der Waals surface area contributed by atoms with Gasteiger partial charge < -0.3 is 15.3 Å². The van der Waals surface area contributed by atoms with Gasteiger partial charge in [-0.05, 0) is 31.6 Å². The lowest BCUT2D eigenvalue weighted by atomic mass is 9.81. The molecule has 23 heavy (non-hydrogen) atoms. The van der Waals surface area contributed by atoms with Crippen LogP contribution in [0.5, 0.6) is 0 Å². The van der Waals surface area contributed by atoms with Crippen molar-refractivity contribution in [3.05, 3.63) is 16.1 Å². The summed E-state index contributed by atoms with van der Waals surface area (Å²) in [6.07, 6.45) is 5.00. The first kappa shape index (κ1) is 14.9. The fraction of sp³-hybridized carbons (Fsp3) is 0.688. The number of likely N-dealkylation sites (tertiary alicyclic amines) is 1. The highest BCUT2D eigenvalue weighted by molar-refractivity contribution is 7.09. The van der Waals surface area contributed by atoms with E-state index in [0.717, 1.165) is 23.5 Å². The maximum Gasteiger partial charge on any atom is 0.317 e. The molecule has 124 valence electrons. The lowest BCUT2D eigenvalue weighted by Crippen LogP contribution is -2.41. The number of carboxylic acids is 1. The van der Waals surface area contributed by atoms with Gasteiger partial charge in [0.2, 0.25) is 0 Å². The smallest absolute Gasteiger partial charge is 0.317 e. The maximum atomic E-state index is 12.4. The Bertz CT molecular complexity index is 642. The minimum Gasteiger partial charge on any atom is -0.481 e. The van der Waals surface area contributed by atoms with Crippen molar-refractivity contribution in [3.8, 4) is 0 Å². The van der Waals surface area contributed by atoms with Crippen LogP contribution in [0.15, 0.2) is 5.38 Å². The average Bonchev–Trinajstić information content (AvgIpc) is 2.97. The average molecular weight is 335 g/mol. The number of hydrogen-bond donors (Lipinski definition) is 2. The summed E-state index contributed by atoms with van der Waals surface area (Å²) >= 11 is 1.58. The summed E-state index contributed by atoms with van der Waals surface area (Å²) in [6.45, 7) is 1.32. The van der Waals surface area contributed by atoms with Crippen LogP contribution in [0.3, 0.4) is 0 Å². The molecule has 0 bridgehead atoms. The van der Waals surface area contributed by atoms with E-state index in [0.29, 0.717) is 32.0 Å². The molecule has 4 rings (SSSR count). The molecule has 1 saturated heterocycles. The molecule has 2 aliphatic carbocycles. The van der Waals surface area contributed by atoms with E-state index in [1.165, 1.54) is 12.8 Å². The summed E-state index contributed by atoms with van der Waals surface area (Å²) < 4.78 is 0. The quantitative estimate of drug-likeness (QED) is 0.885. The molecule has 0 spiro atoms. The van der Waals surface area contributed by atoms with Gasteiger partial charge >= 0.3 is 12.0 Å². The molecule has 3 fully saturated rings. The minimum atomic E-state index is -0.746. The normalized spacial score (nSPS) is 29.6. The van der Waals surface area contributed by atoms with Gasteiger partial charge in [-0.25, -0.2) is 9.78 Å². The molecule has 2 heterocycles. The number of fused-ring (bicyclic) bond motifs is 1. The van der Waals surface area contributed by atoms with Crippen molar-refractivity contribution in [1.82, 2.24) is 15.2 Å². The molecule has 2 atom stereocenters. The van der Waals surface area contributed by atoms with Crippen molar-refractivity contribution in [3.63, 3.8) is 0 Å². The van der Waals surface area contributed by atoms with Gasteiger partial charge in [-0.2, -0.15) is 0 Å². The highest BCUT2D eigenvalue weighted by Gasteiger charge is 2.55. The lowest BCUT2D eigenvalue weighted by Gasteiger charge is -2.23. The number of nitrogens with one attached hydrogen (secondary N) is 1. The van der Waals surface area contributed by atoms with Crippen molar-refractivity contribution >= 4 is 23.3 Å². The zero-order chi connectivity index (χ0) is 16.0. The zero-order valence-electron chi connectivity index (χ0n) is 13.0. The monoisotopic (exact) mass is 335 g/mol. The molecule has 2 N–H and O–H groups in total. The second-order valence-corrected chi connectivity index (χ2v) is 7.97. The minimum absolute atomic E-state index is 0.104. The van der Waals surface area contributed by atoms with Crippen molar-refractivity contribution in [2.45, 2.75) is 44.6 Å². The molecule has 2 amide bonds. The first-order chi connectivity index (χ1) is 11.1. The number of hydrogen-bond acceptors (Lipinski definition) is 4. The Morgan fingerprint density at radius 1 is 1.43 bits per heavy atom. The van der Waals surface area contributed by atoms with Crippen LogP contribution in [0.1, 0.15) is 48.7 Å². The third-order valence-corrected chi connectivity index (χ3v) is 6.41. The van der Waals surface area contributed by atoms with Crippen LogP contribution in [0.4, 0.5) is 4.79 Å². The van der Waals surface area contributed by atoms with E-state index in [2.05, 4.69) is 15.7 Å². The van der Waals surface area contributed by atoms with Crippen molar-refractivity contribution in [1.29, 1.82) is 0 Å². The lowest BCUT2D eigenvalue weighted by molar-refractivity contribution is -0.149. The van der Waals surface area contributed by atoms with E-state index in [9.17, 15) is 14.7 Å². The van der Waals surface area contributed by atoms with Gasteiger partial charge in [0.15, 0.2) is 0 Å². The van der Waals surface area contributed by atoms with Crippen LogP contribution in [0, 0.1) is 11.3 Å². The number of carbonyl (C=O) groups excluding carboxylic acids is 1. The zero-order valence-corrected chi connectivity index (χ0v) is 13.8. The Balaban J connectivity index is 1.35. The fourth-order valence-corrected chi connectivity index (χ4v) is 4.85. The second kappa shape index (κ2) is 5.47. The Morgan fingerprint density at radius 2 is 2.26 bits per heavy atom. The highest BCUT2D eigenvalue weighted by atomic mass is 32.1. The van der Waals surface area contributed by atoms with E-state index in [1.807, 2.05) is 0 Å². The van der Waals surface area contributed by atoms with Gasteiger partial charge in [-0.3, -0.25) is 4.79 Å². The summed E-state index contributed by atoms with van der Waals surface area (Å²) in [5.74, 6) is -0.0135. The van der Waals surface area contributed by atoms with Gasteiger partial charge in [0.05, 0.1) is 17.7 Å². The topological polar surface area (TPSA) is 82.5 Å². The molecule has 6 nitrogen and oxygen atoms in total. The Hall–Kier alpha value is -1.63. The molecule has 0 unspecified atom stereocenters. The number of aromatic nitrogens is 1. The van der Waals surface area contributed by atoms with Gasteiger partial charge in [-0.1, -0.05) is 6.42 Å². The van der Waals surface area contributed by atoms with Crippen LogP contribution in [-0.2, 0) is 11.3 Å². The van der Waals surface area contributed by atoms with E-state index < -0.39 is 11.4 Å². The third kappa shape index (κ3) is 2.60. The van der Waals surface area contributed by atoms with E-state index in [-0.39, 0.29) is 11.9 Å². The van der Waals surface area contributed by atoms with E-state index >= 15 is 0 Å². The van der Waals surface area contributed by atoms with Crippen LogP contribution in [0.2, 0.25) is 0 Å². The molecule has 3 aliphatic rings. The fourth-order valence-electron chi connectivity index (χ4n) is 4.03. The summed E-state index contributed by atoms with van der Waals surface area (Å²) in [7, 11) is 0. The van der Waals surface area contributed by atoms with Gasteiger partial charge in [0, 0.05) is 24.4 Å². The third-order valence-electron chi connectivity index (χ3n) is 5.54. The number of urea groups is 1. The van der Waals surface area contributed by atoms with E-state index in [1.54, 1.807) is 16.2 Å². The molecule has 0 radical (unpaired) electrons. The Kier molecular flexibility index (Phi) is 3.55. The van der Waals surface area contributed by atoms with Crippen LogP contribution in [0.25, 0.3) is 0 Å². The Labute approximate surface area is 138 Å². The van der Waals surface area contributed by atoms with Crippen LogP contribution >= 0.6 is 11.3 Å². The van der Waals surface area contributed by atoms with Crippen molar-refractivity contribution < 1.29 is 14.7 Å². The number of nitrogens with zero attached hydrogens (tertiary/aromatic N) is 2. The first-order valence-electron chi connectivity index (χ1n) is 8.29. The predicted octanol–water partition coefficient (Wildman–Crippen LogP) is 2.42. The molecule has 0 aromatic carbocycles. The standard InChI is InChI=1S/C16H21N3O3S/c20-14(21)16-5-1-2-11(16)7-19(9-16)15(22)17-6-13-18-12(8-23-13)10-3-4-10/h8,10-11H,1-7,9H2,(H,17,22)(H,20,21)/t11-,16+/m0/s1. The van der Waals surface area contributed by atoms with Crippen molar-refractivity contribution in [2.24, 2.45) is 11.3 Å². The molecule has 1 aromatic heterocycles. The molecule has 7 heteroatoms. The van der Waals surface area contributed by atoms with E-state index in [4.69, 9.17) is 0 Å². The first-order valence-corrected chi connectivity index (χ1v) is 9.17. The number of aliphatic carboxylic acids is 1. The van der Waals surface area contributed by atoms with Gasteiger partial charge in [0.1, 0.15) is 5.01 Å². The number of carboxylic acid groups (broad SMARTS) is 1. The predicted molar refractivity (Wildman–Crippen MR) is 85.3 cm³/mol. The van der Waals surface area contributed by atoms with Crippen molar-refractivity contribution in [2.75, 3.05) is 13.1 Å². The van der Waals surface area contributed by atoms with Crippen LogP contribution in [-0.4, -0.2) is 40.1 Å². The molecule has 1 aliphatic heterocycles. The summed E-state index contributed by atoms with van der Waals surface area (Å²) in [4.78, 5) is 30.3. The maximum absolute atomic E-state index is 12.4. The number of rotatable bonds is 4. The Morgan fingerprint density at radius 3 is 2.96 bits per heavy atom. The summed E-state index contributed by atoms with van der Waals surface area (Å²) in [5.41, 5.74) is 0.442. The SMILES string of the molecule is O=C(NCc1nc(C2CC2)cs1)N1C[C@@H]2CCC[C@@]2(C(=O)O)C1. The van der Waals surface area contributed by atoms with Crippen LogP contribution < -0.4 is 5.32 Å². The summed E-state index contributed by atoms with van der Waals surface area (Å²) in [5, 5.41) is 15.5. The largest absolute Gasteiger partial charge is 0.481 e. The number of thiazole rings is 1. The molecule has 1 aromatic rings. The highest BCUT2D eigenvalue weighted by Crippen LogP contribution is 2.48. The number of carbonyl (C=O) groups is 2. The molecular formula is C16H21N3O3S.